The number of carbonyl (C=O) groups excluding carboxylic acids is 2. The summed E-state index contributed by atoms with van der Waals surface area (Å²) in [5.41, 5.74) is 1.44. The van der Waals surface area contributed by atoms with Crippen molar-refractivity contribution in [1.82, 2.24) is 14.4 Å². The largest absolute Gasteiger partial charge is 0.336 e. The molecule has 0 radical (unpaired) electrons. The number of rotatable bonds is 4. The molecule has 8 heteroatoms. The average Bonchev–Trinajstić information content (AvgIpc) is 2.78. The number of anilines is 1. The summed E-state index contributed by atoms with van der Waals surface area (Å²) in [6.07, 6.45) is 0. The van der Waals surface area contributed by atoms with Gasteiger partial charge in [-0.05, 0) is 30.3 Å². The number of benzene rings is 2. The van der Waals surface area contributed by atoms with Gasteiger partial charge in [0.25, 0.3) is 11.5 Å². The van der Waals surface area contributed by atoms with Crippen molar-refractivity contribution in [3.05, 3.63) is 76.3 Å². The molecular weight excluding hydrogens is 399 g/mol. The van der Waals surface area contributed by atoms with Crippen molar-refractivity contribution in [2.45, 2.75) is 0 Å². The topological polar surface area (TPSA) is 74.7 Å². The Morgan fingerprint density at radius 1 is 1.00 bits per heavy atom. The van der Waals surface area contributed by atoms with Gasteiger partial charge in [0.05, 0.1) is 17.6 Å². The third kappa shape index (κ3) is 4.49. The maximum atomic E-state index is 13.1. The number of nitrogens with one attached hydrogen (secondary N) is 1. The molecule has 1 saturated heterocycles. The van der Waals surface area contributed by atoms with Crippen LogP contribution in [0.15, 0.2) is 59.4 Å². The van der Waals surface area contributed by atoms with E-state index in [1.54, 1.807) is 11.9 Å². The summed E-state index contributed by atoms with van der Waals surface area (Å²) in [5.74, 6) is -0.726. The predicted molar refractivity (Wildman–Crippen MR) is 117 cm³/mol. The first-order valence-corrected chi connectivity index (χ1v) is 10.1. The predicted octanol–water partition coefficient (Wildman–Crippen LogP) is 2.07. The molecule has 0 bridgehead atoms. The Labute approximate surface area is 178 Å². The number of fused-ring (bicyclic) bond motifs is 1. The van der Waals surface area contributed by atoms with Crippen molar-refractivity contribution in [1.29, 1.82) is 0 Å². The molecule has 7 nitrogen and oxygen atoms in total. The molecule has 2 aromatic carbocycles. The van der Waals surface area contributed by atoms with Gasteiger partial charge in [-0.2, -0.15) is 0 Å². The molecule has 1 fully saturated rings. The lowest BCUT2D eigenvalue weighted by Gasteiger charge is -2.34. The van der Waals surface area contributed by atoms with Crippen LogP contribution >= 0.6 is 0 Å². The van der Waals surface area contributed by atoms with E-state index in [-0.39, 0.29) is 29.7 Å². The molecule has 1 aliphatic rings. The lowest BCUT2D eigenvalue weighted by molar-refractivity contribution is -0.117. The van der Waals surface area contributed by atoms with Gasteiger partial charge in [0.1, 0.15) is 5.82 Å². The highest BCUT2D eigenvalue weighted by Gasteiger charge is 2.25. The van der Waals surface area contributed by atoms with Gasteiger partial charge in [-0.15, -0.1) is 0 Å². The lowest BCUT2D eigenvalue weighted by atomic mass is 10.1. The summed E-state index contributed by atoms with van der Waals surface area (Å²) in [4.78, 5) is 41.4. The van der Waals surface area contributed by atoms with E-state index in [4.69, 9.17) is 0 Å². The molecule has 0 atom stereocenters. The van der Waals surface area contributed by atoms with Gasteiger partial charge < -0.3 is 14.8 Å². The molecule has 31 heavy (non-hydrogen) atoms. The zero-order valence-corrected chi connectivity index (χ0v) is 17.2. The molecule has 3 aromatic rings. The Kier molecular flexibility index (Phi) is 5.81. The summed E-state index contributed by atoms with van der Waals surface area (Å²) in [7, 11) is 1.69. The zero-order valence-electron chi connectivity index (χ0n) is 17.2. The number of amides is 2. The molecule has 1 N–H and O–H groups in total. The summed E-state index contributed by atoms with van der Waals surface area (Å²) in [5, 5.41) is 3.49. The molecule has 4 rings (SSSR count). The van der Waals surface area contributed by atoms with E-state index in [1.807, 2.05) is 29.2 Å². The molecule has 160 valence electrons. The Hall–Kier alpha value is -3.52. The third-order valence-electron chi connectivity index (χ3n) is 5.54. The van der Waals surface area contributed by atoms with Crippen LogP contribution in [0.2, 0.25) is 0 Å². The normalized spacial score (nSPS) is 14.6. The molecule has 0 spiro atoms. The van der Waals surface area contributed by atoms with Crippen LogP contribution in [0.3, 0.4) is 0 Å². The fraction of sp³-hybridized carbons (Fsp3) is 0.261. The second kappa shape index (κ2) is 8.69. The summed E-state index contributed by atoms with van der Waals surface area (Å²) in [6, 6.07) is 14.4. The highest BCUT2D eigenvalue weighted by atomic mass is 19.1. The van der Waals surface area contributed by atoms with Gasteiger partial charge in [0.2, 0.25) is 5.91 Å². The van der Waals surface area contributed by atoms with Gasteiger partial charge in [0.15, 0.2) is 0 Å². The van der Waals surface area contributed by atoms with Crippen LogP contribution in [0.25, 0.3) is 10.9 Å². The van der Waals surface area contributed by atoms with E-state index < -0.39 is 0 Å². The SMILES string of the molecule is Cn1c(=O)cc(C(=O)N2CCN(CC(=O)Nc3ccc(F)cc3)CC2)c2ccccc21. The van der Waals surface area contributed by atoms with Crippen LogP contribution in [-0.2, 0) is 11.8 Å². The number of aromatic nitrogens is 1. The van der Waals surface area contributed by atoms with Gasteiger partial charge in [-0.1, -0.05) is 18.2 Å². The number of halogens is 1. The van der Waals surface area contributed by atoms with Crippen molar-refractivity contribution >= 4 is 28.4 Å². The maximum Gasteiger partial charge on any atom is 0.254 e. The van der Waals surface area contributed by atoms with Crippen LogP contribution < -0.4 is 10.9 Å². The van der Waals surface area contributed by atoms with E-state index in [9.17, 15) is 18.8 Å². The molecule has 2 amide bonds. The second-order valence-corrected chi connectivity index (χ2v) is 7.60. The minimum Gasteiger partial charge on any atom is -0.336 e. The number of pyridine rings is 1. The molecule has 0 unspecified atom stereocenters. The second-order valence-electron chi connectivity index (χ2n) is 7.60. The minimum atomic E-state index is -0.358. The highest BCUT2D eigenvalue weighted by Crippen LogP contribution is 2.19. The number of hydrogen-bond donors (Lipinski definition) is 1. The van der Waals surface area contributed by atoms with Crippen molar-refractivity contribution < 1.29 is 14.0 Å². The molecular formula is C23H23FN4O3. The van der Waals surface area contributed by atoms with E-state index in [1.165, 1.54) is 34.9 Å². The smallest absolute Gasteiger partial charge is 0.254 e. The summed E-state index contributed by atoms with van der Waals surface area (Å²) < 4.78 is 14.5. The number of piperazine rings is 1. The highest BCUT2D eigenvalue weighted by molar-refractivity contribution is 6.06. The van der Waals surface area contributed by atoms with E-state index in [2.05, 4.69) is 5.32 Å². The number of aryl methyl sites for hydroxylation is 1. The summed E-state index contributed by atoms with van der Waals surface area (Å²) >= 11 is 0. The van der Waals surface area contributed by atoms with Crippen molar-refractivity contribution in [2.24, 2.45) is 7.05 Å². The van der Waals surface area contributed by atoms with E-state index >= 15 is 0 Å². The van der Waals surface area contributed by atoms with Crippen LogP contribution in [-0.4, -0.2) is 58.9 Å². The number of para-hydroxylation sites is 1. The Balaban J connectivity index is 1.39. The number of hydrogen-bond acceptors (Lipinski definition) is 4. The first-order valence-electron chi connectivity index (χ1n) is 10.1. The lowest BCUT2D eigenvalue weighted by Crippen LogP contribution is -2.50. The molecule has 0 aliphatic carbocycles. The molecule has 1 aliphatic heterocycles. The van der Waals surface area contributed by atoms with Gasteiger partial charge >= 0.3 is 0 Å². The fourth-order valence-corrected chi connectivity index (χ4v) is 3.80. The Bertz CT molecular complexity index is 1180. The fourth-order valence-electron chi connectivity index (χ4n) is 3.80. The maximum absolute atomic E-state index is 13.1. The van der Waals surface area contributed by atoms with Gasteiger partial charge in [-0.3, -0.25) is 19.3 Å². The number of carbonyl (C=O) groups is 2. The molecule has 2 heterocycles. The Morgan fingerprint density at radius 2 is 1.68 bits per heavy atom. The van der Waals surface area contributed by atoms with Crippen LogP contribution in [0, 0.1) is 5.82 Å². The first kappa shape index (κ1) is 20.7. The minimum absolute atomic E-state index is 0.177. The standard InChI is InChI=1S/C23H23FN4O3/c1-26-20-5-3-2-4-18(20)19(14-22(26)30)23(31)28-12-10-27(11-13-28)15-21(29)25-17-8-6-16(24)7-9-17/h2-9,14H,10-13,15H2,1H3,(H,25,29). The van der Waals surface area contributed by atoms with Crippen molar-refractivity contribution in [3.8, 4) is 0 Å². The van der Waals surface area contributed by atoms with Crippen LogP contribution in [0.5, 0.6) is 0 Å². The monoisotopic (exact) mass is 422 g/mol. The zero-order chi connectivity index (χ0) is 22.0. The van der Waals surface area contributed by atoms with Crippen molar-refractivity contribution in [3.63, 3.8) is 0 Å². The quantitative estimate of drug-likeness (QED) is 0.699. The van der Waals surface area contributed by atoms with Crippen LogP contribution in [0.4, 0.5) is 10.1 Å². The summed E-state index contributed by atoms with van der Waals surface area (Å²) in [6.45, 7) is 2.21. The van der Waals surface area contributed by atoms with Crippen molar-refractivity contribution in [2.75, 3.05) is 38.0 Å². The van der Waals surface area contributed by atoms with Crippen LogP contribution in [0.1, 0.15) is 10.4 Å². The molecule has 1 aromatic heterocycles. The first-order chi connectivity index (χ1) is 14.9. The number of nitrogens with zero attached hydrogens (tertiary/aromatic N) is 3. The molecule has 0 saturated carbocycles. The Morgan fingerprint density at radius 3 is 2.39 bits per heavy atom. The average molecular weight is 422 g/mol. The van der Waals surface area contributed by atoms with Gasteiger partial charge in [0, 0.05) is 50.4 Å². The third-order valence-corrected chi connectivity index (χ3v) is 5.54. The van der Waals surface area contributed by atoms with E-state index in [0.717, 1.165) is 10.9 Å². The van der Waals surface area contributed by atoms with Gasteiger partial charge in [-0.25, -0.2) is 4.39 Å². The van der Waals surface area contributed by atoms with E-state index in [0.29, 0.717) is 37.4 Å².